The number of nitrogens with one attached hydrogen (secondary N) is 2. The van der Waals surface area contributed by atoms with Crippen molar-refractivity contribution in [2.45, 2.75) is 19.0 Å². The zero-order valence-corrected chi connectivity index (χ0v) is 13.9. The van der Waals surface area contributed by atoms with E-state index in [0.717, 1.165) is 23.5 Å². The number of rotatable bonds is 8. The topological polar surface area (TPSA) is 80.7 Å². The molecule has 2 aromatic heterocycles. The standard InChI is InChI=1S/C17H22N6O/c1-23-16(8-9-19-23)17-15(20-22-21-17)11-18-14(12-24-2)10-13-6-4-3-5-7-13/h3-9,14,18H,10-12H2,1-2H3,(H,20,21,22). The summed E-state index contributed by atoms with van der Waals surface area (Å²) in [4.78, 5) is 0. The molecule has 24 heavy (non-hydrogen) atoms. The highest BCUT2D eigenvalue weighted by Gasteiger charge is 2.15. The maximum atomic E-state index is 5.35. The molecule has 0 saturated carbocycles. The number of hydrogen-bond acceptors (Lipinski definition) is 5. The van der Waals surface area contributed by atoms with Crippen LogP contribution in [0.4, 0.5) is 0 Å². The van der Waals surface area contributed by atoms with E-state index in [9.17, 15) is 0 Å². The Balaban J connectivity index is 1.67. The first kappa shape index (κ1) is 16.4. The Morgan fingerprint density at radius 2 is 2.04 bits per heavy atom. The molecule has 7 heteroatoms. The summed E-state index contributed by atoms with van der Waals surface area (Å²) in [6.45, 7) is 1.24. The third-order valence-corrected chi connectivity index (χ3v) is 3.93. The maximum Gasteiger partial charge on any atom is 0.135 e. The van der Waals surface area contributed by atoms with Crippen LogP contribution in [0.3, 0.4) is 0 Å². The largest absolute Gasteiger partial charge is 0.383 e. The summed E-state index contributed by atoms with van der Waals surface area (Å²) in [7, 11) is 3.61. The molecule has 3 rings (SSSR count). The molecule has 7 nitrogen and oxygen atoms in total. The molecule has 0 aliphatic rings. The minimum atomic E-state index is 0.202. The second-order valence-corrected chi connectivity index (χ2v) is 5.68. The van der Waals surface area contributed by atoms with Gasteiger partial charge in [-0.1, -0.05) is 30.3 Å². The predicted octanol–water partition coefficient (Wildman–Crippen LogP) is 1.55. The van der Waals surface area contributed by atoms with Crippen LogP contribution in [0.25, 0.3) is 11.4 Å². The lowest BCUT2D eigenvalue weighted by atomic mass is 10.1. The van der Waals surface area contributed by atoms with Crippen LogP contribution >= 0.6 is 0 Å². The lowest BCUT2D eigenvalue weighted by molar-refractivity contribution is 0.165. The van der Waals surface area contributed by atoms with E-state index in [1.807, 2.05) is 19.2 Å². The van der Waals surface area contributed by atoms with Gasteiger partial charge in [0.2, 0.25) is 0 Å². The van der Waals surface area contributed by atoms with Crippen LogP contribution < -0.4 is 5.32 Å². The molecule has 0 spiro atoms. The molecule has 1 atom stereocenters. The van der Waals surface area contributed by atoms with E-state index in [1.54, 1.807) is 18.0 Å². The highest BCUT2D eigenvalue weighted by molar-refractivity contribution is 5.56. The molecular formula is C17H22N6O. The molecule has 0 amide bonds. The zero-order chi connectivity index (χ0) is 16.8. The number of methoxy groups -OCH3 is 1. The van der Waals surface area contributed by atoms with Crippen molar-refractivity contribution in [1.82, 2.24) is 30.5 Å². The minimum Gasteiger partial charge on any atom is -0.383 e. The zero-order valence-electron chi connectivity index (χ0n) is 13.9. The number of hydrogen-bond donors (Lipinski definition) is 2. The van der Waals surface area contributed by atoms with Gasteiger partial charge in [0.25, 0.3) is 0 Å². The first-order valence-corrected chi connectivity index (χ1v) is 7.92. The van der Waals surface area contributed by atoms with Gasteiger partial charge < -0.3 is 10.1 Å². The van der Waals surface area contributed by atoms with E-state index < -0.39 is 0 Å². The molecule has 3 aromatic rings. The van der Waals surface area contributed by atoms with Crippen LogP contribution in [-0.2, 0) is 24.8 Å². The number of H-pyrrole nitrogens is 1. The van der Waals surface area contributed by atoms with Crippen LogP contribution in [0.2, 0.25) is 0 Å². The molecule has 0 aliphatic heterocycles. The number of aryl methyl sites for hydroxylation is 1. The summed E-state index contributed by atoms with van der Waals surface area (Å²) in [5, 5.41) is 18.9. The van der Waals surface area contributed by atoms with Gasteiger partial charge in [-0.3, -0.25) is 4.68 Å². The van der Waals surface area contributed by atoms with Gasteiger partial charge >= 0.3 is 0 Å². The number of ether oxygens (including phenoxy) is 1. The number of benzene rings is 1. The first-order chi connectivity index (χ1) is 11.8. The van der Waals surface area contributed by atoms with Gasteiger partial charge in [-0.25, -0.2) is 0 Å². The summed E-state index contributed by atoms with van der Waals surface area (Å²) in [6, 6.07) is 12.5. The van der Waals surface area contributed by atoms with Crippen LogP contribution in [-0.4, -0.2) is 44.9 Å². The third kappa shape index (κ3) is 3.87. The van der Waals surface area contributed by atoms with E-state index in [0.29, 0.717) is 13.2 Å². The minimum absolute atomic E-state index is 0.202. The second kappa shape index (κ2) is 7.85. The monoisotopic (exact) mass is 326 g/mol. The average molecular weight is 326 g/mol. The van der Waals surface area contributed by atoms with Crippen molar-refractivity contribution in [3.8, 4) is 11.4 Å². The van der Waals surface area contributed by atoms with E-state index in [4.69, 9.17) is 4.74 Å². The Bertz CT molecular complexity index is 751. The van der Waals surface area contributed by atoms with Gasteiger partial charge in [-0.2, -0.15) is 20.5 Å². The van der Waals surface area contributed by atoms with Gasteiger partial charge in [-0.05, 0) is 18.1 Å². The molecule has 126 valence electrons. The first-order valence-electron chi connectivity index (χ1n) is 7.92. The summed E-state index contributed by atoms with van der Waals surface area (Å²) in [5.74, 6) is 0. The van der Waals surface area contributed by atoms with Crippen molar-refractivity contribution in [2.24, 2.45) is 7.05 Å². The SMILES string of the molecule is COCC(Cc1ccccc1)NCc1n[nH]nc1-c1ccnn1C. The summed E-state index contributed by atoms with van der Waals surface area (Å²) in [6.07, 6.45) is 2.65. The van der Waals surface area contributed by atoms with Crippen molar-refractivity contribution < 1.29 is 4.74 Å². The fourth-order valence-corrected chi connectivity index (χ4v) is 2.72. The second-order valence-electron chi connectivity index (χ2n) is 5.68. The van der Waals surface area contributed by atoms with Crippen LogP contribution in [0.5, 0.6) is 0 Å². The van der Waals surface area contributed by atoms with E-state index in [1.165, 1.54) is 5.56 Å². The summed E-state index contributed by atoms with van der Waals surface area (Å²) in [5.41, 5.74) is 3.90. The van der Waals surface area contributed by atoms with Crippen molar-refractivity contribution in [3.63, 3.8) is 0 Å². The highest BCUT2D eigenvalue weighted by Crippen LogP contribution is 2.18. The smallest absolute Gasteiger partial charge is 0.135 e. The van der Waals surface area contributed by atoms with Crippen LogP contribution in [0.1, 0.15) is 11.3 Å². The Morgan fingerprint density at radius 1 is 1.21 bits per heavy atom. The fraction of sp³-hybridized carbons (Fsp3) is 0.353. The van der Waals surface area contributed by atoms with Gasteiger partial charge in [0.05, 0.1) is 12.3 Å². The van der Waals surface area contributed by atoms with Crippen LogP contribution in [0, 0.1) is 0 Å². The van der Waals surface area contributed by atoms with Gasteiger partial charge in [-0.15, -0.1) is 0 Å². The Labute approximate surface area is 141 Å². The van der Waals surface area contributed by atoms with Gasteiger partial charge in [0, 0.05) is 32.9 Å². The lowest BCUT2D eigenvalue weighted by Gasteiger charge is -2.17. The summed E-state index contributed by atoms with van der Waals surface area (Å²) < 4.78 is 7.14. The summed E-state index contributed by atoms with van der Waals surface area (Å²) >= 11 is 0. The molecule has 2 heterocycles. The van der Waals surface area contributed by atoms with Crippen LogP contribution in [0.15, 0.2) is 42.6 Å². The maximum absolute atomic E-state index is 5.35. The van der Waals surface area contributed by atoms with Crippen molar-refractivity contribution >= 4 is 0 Å². The highest BCUT2D eigenvalue weighted by atomic mass is 16.5. The van der Waals surface area contributed by atoms with Gasteiger partial charge in [0.15, 0.2) is 0 Å². The Morgan fingerprint density at radius 3 is 2.75 bits per heavy atom. The van der Waals surface area contributed by atoms with E-state index >= 15 is 0 Å². The van der Waals surface area contributed by atoms with Crippen molar-refractivity contribution in [3.05, 3.63) is 53.9 Å². The molecular weight excluding hydrogens is 304 g/mol. The van der Waals surface area contributed by atoms with Gasteiger partial charge in [0.1, 0.15) is 11.4 Å². The lowest BCUT2D eigenvalue weighted by Crippen LogP contribution is -2.35. The fourth-order valence-electron chi connectivity index (χ4n) is 2.72. The molecule has 2 N–H and O–H groups in total. The predicted molar refractivity (Wildman–Crippen MR) is 91.2 cm³/mol. The average Bonchev–Trinajstić information content (AvgIpc) is 3.22. The molecule has 0 radical (unpaired) electrons. The molecule has 1 aromatic carbocycles. The molecule has 0 saturated heterocycles. The van der Waals surface area contributed by atoms with E-state index in [2.05, 4.69) is 50.1 Å². The molecule has 1 unspecified atom stereocenters. The Kier molecular flexibility index (Phi) is 5.35. The normalized spacial score (nSPS) is 12.4. The number of aromatic amines is 1. The molecule has 0 aliphatic carbocycles. The third-order valence-electron chi connectivity index (χ3n) is 3.93. The molecule has 0 bridgehead atoms. The number of nitrogens with zero attached hydrogens (tertiary/aromatic N) is 4. The number of aromatic nitrogens is 5. The van der Waals surface area contributed by atoms with Crippen molar-refractivity contribution in [2.75, 3.05) is 13.7 Å². The Hall–Kier alpha value is -2.51. The van der Waals surface area contributed by atoms with E-state index in [-0.39, 0.29) is 6.04 Å². The molecule has 0 fully saturated rings. The quantitative estimate of drug-likeness (QED) is 0.656. The van der Waals surface area contributed by atoms with Crippen molar-refractivity contribution in [1.29, 1.82) is 0 Å².